The second-order valence-corrected chi connectivity index (χ2v) is 3.54. The number of hydrogen-bond acceptors (Lipinski definition) is 4. The van der Waals surface area contributed by atoms with Crippen molar-refractivity contribution in [1.29, 1.82) is 0 Å². The largest absolute Gasteiger partial charge is 0.493 e. The molecule has 0 aliphatic rings. The molecule has 2 rings (SSSR count). The molecule has 2 aromatic heterocycles. The number of aromatic nitrogens is 4. The quantitative estimate of drug-likeness (QED) is 0.808. The van der Waals surface area contributed by atoms with E-state index in [-0.39, 0.29) is 0 Å². The Morgan fingerprint density at radius 1 is 1.44 bits per heavy atom. The first-order chi connectivity index (χ1) is 7.63. The van der Waals surface area contributed by atoms with Crippen molar-refractivity contribution < 1.29 is 9.84 Å². The van der Waals surface area contributed by atoms with E-state index in [0.29, 0.717) is 17.1 Å². The zero-order valence-corrected chi connectivity index (χ0v) is 9.45. The van der Waals surface area contributed by atoms with E-state index >= 15 is 0 Å². The number of aliphatic hydroxyl groups is 1. The van der Waals surface area contributed by atoms with Crippen LogP contribution >= 0.6 is 0 Å². The van der Waals surface area contributed by atoms with Crippen LogP contribution in [0.2, 0.25) is 0 Å². The minimum atomic E-state index is -0.830. The van der Waals surface area contributed by atoms with Gasteiger partial charge < -0.3 is 9.84 Å². The average Bonchev–Trinajstić information content (AvgIpc) is 2.83. The Morgan fingerprint density at radius 3 is 2.75 bits per heavy atom. The molecule has 0 amide bonds. The summed E-state index contributed by atoms with van der Waals surface area (Å²) in [5.41, 5.74) is 1.17. The van der Waals surface area contributed by atoms with E-state index in [1.54, 1.807) is 49.0 Å². The van der Waals surface area contributed by atoms with Crippen LogP contribution in [0.4, 0.5) is 0 Å². The van der Waals surface area contributed by atoms with Gasteiger partial charge in [-0.25, -0.2) is 0 Å². The molecule has 0 saturated carbocycles. The SMILES string of the molecule is COc1cnn(C)c1C(O)c1ccn(C)n1. The summed E-state index contributed by atoms with van der Waals surface area (Å²) < 4.78 is 8.36. The molecular weight excluding hydrogens is 208 g/mol. The molecule has 2 heterocycles. The van der Waals surface area contributed by atoms with Gasteiger partial charge in [0.25, 0.3) is 0 Å². The van der Waals surface area contributed by atoms with Gasteiger partial charge in [-0.15, -0.1) is 0 Å². The van der Waals surface area contributed by atoms with E-state index in [1.165, 1.54) is 0 Å². The predicted octanol–water partition coefficient (Wildman–Crippen LogP) is 0.244. The molecule has 0 aliphatic carbocycles. The Hall–Kier alpha value is -1.82. The second-order valence-electron chi connectivity index (χ2n) is 3.54. The summed E-state index contributed by atoms with van der Waals surface area (Å²) >= 11 is 0. The molecule has 86 valence electrons. The molecule has 6 heteroatoms. The van der Waals surface area contributed by atoms with Crippen LogP contribution in [0.1, 0.15) is 17.5 Å². The average molecular weight is 222 g/mol. The first-order valence-electron chi connectivity index (χ1n) is 4.87. The lowest BCUT2D eigenvalue weighted by Gasteiger charge is -2.10. The second kappa shape index (κ2) is 3.97. The number of aliphatic hydroxyl groups excluding tert-OH is 1. The van der Waals surface area contributed by atoms with Crippen molar-refractivity contribution in [1.82, 2.24) is 19.6 Å². The summed E-state index contributed by atoms with van der Waals surface area (Å²) in [6, 6.07) is 1.76. The smallest absolute Gasteiger partial charge is 0.163 e. The van der Waals surface area contributed by atoms with Crippen LogP contribution in [0.3, 0.4) is 0 Å². The van der Waals surface area contributed by atoms with E-state index in [4.69, 9.17) is 4.74 Å². The van der Waals surface area contributed by atoms with Gasteiger partial charge in [-0.1, -0.05) is 0 Å². The zero-order chi connectivity index (χ0) is 11.7. The number of rotatable bonds is 3. The van der Waals surface area contributed by atoms with Crippen molar-refractivity contribution in [3.05, 3.63) is 29.8 Å². The lowest BCUT2D eigenvalue weighted by molar-refractivity contribution is 0.198. The van der Waals surface area contributed by atoms with Crippen LogP contribution in [0.15, 0.2) is 18.5 Å². The number of aryl methyl sites for hydroxylation is 2. The number of ether oxygens (including phenoxy) is 1. The fourth-order valence-corrected chi connectivity index (χ4v) is 1.61. The predicted molar refractivity (Wildman–Crippen MR) is 57.0 cm³/mol. The van der Waals surface area contributed by atoms with Crippen LogP contribution in [-0.4, -0.2) is 31.8 Å². The maximum absolute atomic E-state index is 10.2. The Labute approximate surface area is 93.1 Å². The van der Waals surface area contributed by atoms with Gasteiger partial charge in [-0.2, -0.15) is 10.2 Å². The molecule has 0 aliphatic heterocycles. The third-order valence-corrected chi connectivity index (χ3v) is 2.44. The van der Waals surface area contributed by atoms with E-state index in [9.17, 15) is 5.11 Å². The Morgan fingerprint density at radius 2 is 2.19 bits per heavy atom. The van der Waals surface area contributed by atoms with Crippen molar-refractivity contribution in [2.24, 2.45) is 14.1 Å². The highest BCUT2D eigenvalue weighted by Gasteiger charge is 2.21. The van der Waals surface area contributed by atoms with Crippen LogP contribution < -0.4 is 4.74 Å². The molecule has 0 aromatic carbocycles. The van der Waals surface area contributed by atoms with Gasteiger partial charge in [0.1, 0.15) is 11.8 Å². The minimum Gasteiger partial charge on any atom is -0.493 e. The Balaban J connectivity index is 2.40. The van der Waals surface area contributed by atoms with Gasteiger partial charge in [0.05, 0.1) is 19.0 Å². The normalized spacial score (nSPS) is 12.8. The summed E-state index contributed by atoms with van der Waals surface area (Å²) in [5.74, 6) is 0.556. The van der Waals surface area contributed by atoms with Crippen molar-refractivity contribution in [2.45, 2.75) is 6.10 Å². The monoisotopic (exact) mass is 222 g/mol. The highest BCUT2D eigenvalue weighted by Crippen LogP contribution is 2.27. The van der Waals surface area contributed by atoms with Crippen molar-refractivity contribution >= 4 is 0 Å². The molecule has 16 heavy (non-hydrogen) atoms. The van der Waals surface area contributed by atoms with Gasteiger partial charge in [0.15, 0.2) is 5.75 Å². The molecule has 0 fully saturated rings. The maximum Gasteiger partial charge on any atom is 0.163 e. The van der Waals surface area contributed by atoms with Crippen LogP contribution in [0, 0.1) is 0 Å². The lowest BCUT2D eigenvalue weighted by Crippen LogP contribution is -2.09. The van der Waals surface area contributed by atoms with Gasteiger partial charge in [0, 0.05) is 20.3 Å². The summed E-state index contributed by atoms with van der Waals surface area (Å²) in [4.78, 5) is 0. The van der Waals surface area contributed by atoms with Crippen LogP contribution in [-0.2, 0) is 14.1 Å². The third kappa shape index (κ3) is 1.67. The first kappa shape index (κ1) is 10.7. The van der Waals surface area contributed by atoms with E-state index in [0.717, 1.165) is 0 Å². The first-order valence-corrected chi connectivity index (χ1v) is 4.87. The maximum atomic E-state index is 10.2. The van der Waals surface area contributed by atoms with Crippen LogP contribution in [0.25, 0.3) is 0 Å². The topological polar surface area (TPSA) is 65.1 Å². The summed E-state index contributed by atoms with van der Waals surface area (Å²) in [7, 11) is 5.10. The highest BCUT2D eigenvalue weighted by atomic mass is 16.5. The molecule has 1 unspecified atom stereocenters. The third-order valence-electron chi connectivity index (χ3n) is 2.44. The zero-order valence-electron chi connectivity index (χ0n) is 9.45. The Bertz CT molecular complexity index is 489. The molecule has 1 N–H and O–H groups in total. The molecule has 0 saturated heterocycles. The van der Waals surface area contributed by atoms with Gasteiger partial charge in [-0.3, -0.25) is 9.36 Å². The van der Waals surface area contributed by atoms with Crippen molar-refractivity contribution in [2.75, 3.05) is 7.11 Å². The van der Waals surface area contributed by atoms with E-state index in [1.807, 2.05) is 0 Å². The highest BCUT2D eigenvalue weighted by molar-refractivity contribution is 5.31. The molecule has 6 nitrogen and oxygen atoms in total. The summed E-state index contributed by atoms with van der Waals surface area (Å²) in [6.45, 7) is 0. The number of nitrogens with zero attached hydrogens (tertiary/aromatic N) is 4. The fraction of sp³-hybridized carbons (Fsp3) is 0.400. The molecule has 0 spiro atoms. The van der Waals surface area contributed by atoms with Gasteiger partial charge in [-0.05, 0) is 6.07 Å². The number of hydrogen-bond donors (Lipinski definition) is 1. The van der Waals surface area contributed by atoms with Crippen molar-refractivity contribution in [3.8, 4) is 5.75 Å². The van der Waals surface area contributed by atoms with Gasteiger partial charge in [0.2, 0.25) is 0 Å². The van der Waals surface area contributed by atoms with Crippen molar-refractivity contribution in [3.63, 3.8) is 0 Å². The molecule has 1 atom stereocenters. The molecule has 2 aromatic rings. The molecular formula is C10H14N4O2. The van der Waals surface area contributed by atoms with E-state index < -0.39 is 6.10 Å². The Kier molecular flexibility index (Phi) is 2.66. The standard InChI is InChI=1S/C10H14N4O2/c1-13-5-4-7(12-13)10(15)9-8(16-3)6-11-14(9)2/h4-6,10,15H,1-3H3. The van der Waals surface area contributed by atoms with Crippen LogP contribution in [0.5, 0.6) is 5.75 Å². The summed E-state index contributed by atoms with van der Waals surface area (Å²) in [5, 5.41) is 18.4. The van der Waals surface area contributed by atoms with E-state index in [2.05, 4.69) is 10.2 Å². The lowest BCUT2D eigenvalue weighted by atomic mass is 10.2. The molecule has 0 bridgehead atoms. The fourth-order valence-electron chi connectivity index (χ4n) is 1.61. The van der Waals surface area contributed by atoms with Gasteiger partial charge >= 0.3 is 0 Å². The minimum absolute atomic E-state index is 0.556. The summed E-state index contributed by atoms with van der Waals surface area (Å²) in [6.07, 6.45) is 2.52. The number of methoxy groups -OCH3 is 1. The molecule has 0 radical (unpaired) electrons.